The van der Waals surface area contributed by atoms with E-state index in [4.69, 9.17) is 23.2 Å². The summed E-state index contributed by atoms with van der Waals surface area (Å²) in [6.45, 7) is 0. The third kappa shape index (κ3) is 2.99. The van der Waals surface area contributed by atoms with Gasteiger partial charge in [-0.25, -0.2) is 12.7 Å². The molecule has 2 aromatic carbocycles. The van der Waals surface area contributed by atoms with Crippen molar-refractivity contribution in [3.8, 4) is 0 Å². The van der Waals surface area contributed by atoms with Crippen molar-refractivity contribution in [3.63, 3.8) is 0 Å². The summed E-state index contributed by atoms with van der Waals surface area (Å²) in [7, 11) is -3.06. The molecule has 6 nitrogen and oxygen atoms in total. The Balaban J connectivity index is 2.04. The normalized spacial score (nSPS) is 18.6. The zero-order valence-corrected chi connectivity index (χ0v) is 15.2. The number of benzene rings is 2. The van der Waals surface area contributed by atoms with Crippen molar-refractivity contribution in [2.45, 2.75) is 5.25 Å². The van der Waals surface area contributed by atoms with E-state index in [9.17, 15) is 18.0 Å². The van der Waals surface area contributed by atoms with Crippen LogP contribution < -0.4 is 5.32 Å². The number of rotatable bonds is 2. The zero-order valence-electron chi connectivity index (χ0n) is 12.9. The second kappa shape index (κ2) is 6.33. The molecule has 25 heavy (non-hydrogen) atoms. The number of fused-ring (bicyclic) bond motifs is 1. The number of nitrogens with zero attached hydrogens (tertiary/aromatic N) is 1. The molecule has 3 rings (SSSR count). The molecule has 0 aromatic heterocycles. The SMILES string of the molecule is CN1C(=O)c2ccccc2C(C(=O)Nc2ccc(Cl)c(Cl)c2)S1(=O)=O. The van der Waals surface area contributed by atoms with Gasteiger partial charge in [-0.2, -0.15) is 0 Å². The van der Waals surface area contributed by atoms with Gasteiger partial charge in [-0.05, 0) is 29.8 Å². The Bertz CT molecular complexity index is 991. The first kappa shape index (κ1) is 17.7. The van der Waals surface area contributed by atoms with Crippen molar-refractivity contribution in [1.82, 2.24) is 4.31 Å². The Hall–Kier alpha value is -2.09. The van der Waals surface area contributed by atoms with E-state index in [0.717, 1.165) is 7.05 Å². The molecule has 0 fully saturated rings. The van der Waals surface area contributed by atoms with E-state index in [1.807, 2.05) is 0 Å². The smallest absolute Gasteiger partial charge is 0.267 e. The van der Waals surface area contributed by atoms with Gasteiger partial charge in [0.05, 0.1) is 10.0 Å². The fourth-order valence-corrected chi connectivity index (χ4v) is 4.38. The summed E-state index contributed by atoms with van der Waals surface area (Å²) in [6, 6.07) is 10.5. The molecule has 9 heteroatoms. The van der Waals surface area contributed by atoms with E-state index in [-0.39, 0.29) is 16.1 Å². The highest BCUT2D eigenvalue weighted by molar-refractivity contribution is 7.90. The molecule has 1 N–H and O–H groups in total. The van der Waals surface area contributed by atoms with Crippen LogP contribution in [0.1, 0.15) is 21.2 Å². The summed E-state index contributed by atoms with van der Waals surface area (Å²) >= 11 is 11.7. The topological polar surface area (TPSA) is 83.6 Å². The molecule has 130 valence electrons. The fourth-order valence-electron chi connectivity index (χ4n) is 2.58. The van der Waals surface area contributed by atoms with E-state index in [1.165, 1.54) is 30.3 Å². The summed E-state index contributed by atoms with van der Waals surface area (Å²) in [6.07, 6.45) is 0. The van der Waals surface area contributed by atoms with E-state index >= 15 is 0 Å². The molecule has 1 atom stereocenters. The third-order valence-corrected chi connectivity index (χ3v) is 6.60. The highest BCUT2D eigenvalue weighted by Gasteiger charge is 2.46. The number of carbonyl (C=O) groups excluding carboxylic acids is 2. The number of amides is 2. The van der Waals surface area contributed by atoms with Crippen LogP contribution in [0.4, 0.5) is 5.69 Å². The number of hydrogen-bond acceptors (Lipinski definition) is 4. The van der Waals surface area contributed by atoms with Crippen LogP contribution in [0.3, 0.4) is 0 Å². The molecule has 0 saturated heterocycles. The van der Waals surface area contributed by atoms with Gasteiger partial charge in [0.2, 0.25) is 5.91 Å². The molecule has 1 aliphatic heterocycles. The Morgan fingerprint density at radius 1 is 1.12 bits per heavy atom. The van der Waals surface area contributed by atoms with Crippen LogP contribution in [0, 0.1) is 0 Å². The van der Waals surface area contributed by atoms with Gasteiger partial charge < -0.3 is 5.32 Å². The van der Waals surface area contributed by atoms with Crippen molar-refractivity contribution in [2.24, 2.45) is 0 Å². The maximum Gasteiger partial charge on any atom is 0.267 e. The van der Waals surface area contributed by atoms with Gasteiger partial charge in [0.1, 0.15) is 0 Å². The first-order valence-electron chi connectivity index (χ1n) is 7.10. The van der Waals surface area contributed by atoms with E-state index in [0.29, 0.717) is 15.0 Å². The van der Waals surface area contributed by atoms with Crippen molar-refractivity contribution in [2.75, 3.05) is 12.4 Å². The largest absolute Gasteiger partial charge is 0.325 e. The van der Waals surface area contributed by atoms with Crippen LogP contribution in [0.25, 0.3) is 0 Å². The number of anilines is 1. The Kier molecular flexibility index (Phi) is 4.49. The maximum absolute atomic E-state index is 12.7. The Morgan fingerprint density at radius 3 is 2.48 bits per heavy atom. The van der Waals surface area contributed by atoms with Crippen molar-refractivity contribution >= 4 is 50.7 Å². The molecule has 0 bridgehead atoms. The summed E-state index contributed by atoms with van der Waals surface area (Å²) in [5.74, 6) is -1.46. The van der Waals surface area contributed by atoms with Gasteiger partial charge in [-0.3, -0.25) is 9.59 Å². The van der Waals surface area contributed by atoms with E-state index < -0.39 is 27.1 Å². The molecule has 1 aliphatic rings. The predicted octanol–water partition coefficient (Wildman–Crippen LogP) is 3.09. The summed E-state index contributed by atoms with van der Waals surface area (Å²) in [5.41, 5.74) is 0.615. The number of nitrogens with one attached hydrogen (secondary N) is 1. The maximum atomic E-state index is 12.7. The van der Waals surface area contributed by atoms with Crippen LogP contribution >= 0.6 is 23.2 Å². The Morgan fingerprint density at radius 2 is 1.80 bits per heavy atom. The number of halogens is 2. The number of carbonyl (C=O) groups is 2. The molecular weight excluding hydrogens is 387 g/mol. The van der Waals surface area contributed by atoms with Gasteiger partial charge in [-0.1, -0.05) is 41.4 Å². The molecule has 0 spiro atoms. The van der Waals surface area contributed by atoms with Crippen LogP contribution in [-0.4, -0.2) is 31.6 Å². The van der Waals surface area contributed by atoms with Gasteiger partial charge in [0.15, 0.2) is 5.25 Å². The van der Waals surface area contributed by atoms with Crippen LogP contribution in [0.5, 0.6) is 0 Å². The molecule has 2 amide bonds. The lowest BCUT2D eigenvalue weighted by atomic mass is 10.0. The lowest BCUT2D eigenvalue weighted by Crippen LogP contribution is -2.45. The van der Waals surface area contributed by atoms with E-state index in [2.05, 4.69) is 5.32 Å². The number of hydrogen-bond donors (Lipinski definition) is 1. The lowest BCUT2D eigenvalue weighted by Gasteiger charge is -2.30. The highest BCUT2D eigenvalue weighted by Crippen LogP contribution is 2.35. The summed E-state index contributed by atoms with van der Waals surface area (Å²) < 4.78 is 25.9. The quantitative estimate of drug-likeness (QED) is 0.841. The van der Waals surface area contributed by atoms with Crippen LogP contribution in [0.2, 0.25) is 10.0 Å². The monoisotopic (exact) mass is 398 g/mol. The molecule has 1 unspecified atom stereocenters. The van der Waals surface area contributed by atoms with E-state index in [1.54, 1.807) is 12.1 Å². The molecule has 0 radical (unpaired) electrons. The van der Waals surface area contributed by atoms with Crippen LogP contribution in [-0.2, 0) is 14.8 Å². The second-order valence-corrected chi connectivity index (χ2v) is 8.27. The molecule has 0 saturated carbocycles. The van der Waals surface area contributed by atoms with Gasteiger partial charge >= 0.3 is 0 Å². The van der Waals surface area contributed by atoms with Crippen molar-refractivity contribution < 1.29 is 18.0 Å². The summed E-state index contributed by atoms with van der Waals surface area (Å²) in [5, 5.41) is 1.50. The minimum Gasteiger partial charge on any atom is -0.325 e. The predicted molar refractivity (Wildman–Crippen MR) is 95.3 cm³/mol. The fraction of sp³-hybridized carbons (Fsp3) is 0.125. The Labute approximate surface area is 154 Å². The number of sulfonamides is 1. The zero-order chi connectivity index (χ0) is 18.4. The molecule has 1 heterocycles. The third-order valence-electron chi connectivity index (χ3n) is 3.86. The van der Waals surface area contributed by atoms with Crippen molar-refractivity contribution in [1.29, 1.82) is 0 Å². The van der Waals surface area contributed by atoms with Crippen molar-refractivity contribution in [3.05, 3.63) is 63.6 Å². The lowest BCUT2D eigenvalue weighted by molar-refractivity contribution is -0.116. The average Bonchev–Trinajstić information content (AvgIpc) is 2.56. The van der Waals surface area contributed by atoms with Gasteiger partial charge in [0, 0.05) is 18.3 Å². The second-order valence-electron chi connectivity index (χ2n) is 5.40. The minimum absolute atomic E-state index is 0.142. The first-order chi connectivity index (χ1) is 11.7. The standard InChI is InChI=1S/C16H12Cl2N2O4S/c1-20-16(22)11-5-3-2-4-10(11)14(25(20,23)24)15(21)19-9-6-7-12(17)13(18)8-9/h2-8,14H,1H3,(H,19,21). The van der Waals surface area contributed by atoms with Crippen LogP contribution in [0.15, 0.2) is 42.5 Å². The molecule has 2 aromatic rings. The highest BCUT2D eigenvalue weighted by atomic mass is 35.5. The van der Waals surface area contributed by atoms with Gasteiger partial charge in [-0.15, -0.1) is 0 Å². The van der Waals surface area contributed by atoms with Gasteiger partial charge in [0.25, 0.3) is 15.9 Å². The first-order valence-corrected chi connectivity index (χ1v) is 9.36. The molecule has 0 aliphatic carbocycles. The minimum atomic E-state index is -4.19. The molecular formula is C16H12Cl2N2O4S. The average molecular weight is 399 g/mol. The summed E-state index contributed by atoms with van der Waals surface area (Å²) in [4.78, 5) is 24.9.